The van der Waals surface area contributed by atoms with E-state index in [4.69, 9.17) is 10.2 Å². The van der Waals surface area contributed by atoms with Crippen LogP contribution in [-0.2, 0) is 4.79 Å². The molecule has 0 aromatic carbocycles. The Balaban J connectivity index is 3.72. The number of likely N-dealkylation sites (N-methyl/N-ethyl adjacent to an activating group) is 1. The lowest BCUT2D eigenvalue weighted by Crippen LogP contribution is -2.39. The summed E-state index contributed by atoms with van der Waals surface area (Å²) in [5, 5.41) is 19.5. The van der Waals surface area contributed by atoms with Gasteiger partial charge < -0.3 is 15.5 Å². The van der Waals surface area contributed by atoms with Crippen LogP contribution in [0.15, 0.2) is 0 Å². The van der Waals surface area contributed by atoms with E-state index in [1.807, 2.05) is 0 Å². The standard InChI is InChI=1S/C5H11NO3/c1-3(7)4(8)5(9)6-2/h3-4,7-8H,1-2H3,(H,6,9)/t3-,4+/m0/s1. The molecule has 0 aliphatic carbocycles. The molecule has 0 spiro atoms. The highest BCUT2D eigenvalue weighted by atomic mass is 16.3. The molecule has 3 N–H and O–H groups in total. The van der Waals surface area contributed by atoms with Gasteiger partial charge in [0.25, 0.3) is 5.91 Å². The molecule has 4 nitrogen and oxygen atoms in total. The Hall–Kier alpha value is -0.610. The Bertz CT molecular complexity index is 102. The van der Waals surface area contributed by atoms with Crippen molar-refractivity contribution in [3.05, 3.63) is 0 Å². The second kappa shape index (κ2) is 3.42. The van der Waals surface area contributed by atoms with Gasteiger partial charge in [-0.2, -0.15) is 0 Å². The van der Waals surface area contributed by atoms with Crippen molar-refractivity contribution in [1.82, 2.24) is 5.32 Å². The van der Waals surface area contributed by atoms with Crippen LogP contribution in [-0.4, -0.2) is 35.4 Å². The fourth-order valence-corrected chi connectivity index (χ4v) is 0.367. The Morgan fingerprint density at radius 3 is 2.11 bits per heavy atom. The van der Waals surface area contributed by atoms with Gasteiger partial charge in [0.2, 0.25) is 0 Å². The van der Waals surface area contributed by atoms with Crippen molar-refractivity contribution in [3.63, 3.8) is 0 Å². The van der Waals surface area contributed by atoms with Crippen molar-refractivity contribution >= 4 is 5.91 Å². The molecule has 0 aromatic heterocycles. The van der Waals surface area contributed by atoms with Crippen LogP contribution in [0.4, 0.5) is 0 Å². The summed E-state index contributed by atoms with van der Waals surface area (Å²) in [5.41, 5.74) is 0. The van der Waals surface area contributed by atoms with E-state index in [0.717, 1.165) is 0 Å². The molecule has 0 aliphatic heterocycles. The molecule has 2 atom stereocenters. The first-order valence-corrected chi connectivity index (χ1v) is 2.67. The number of hydrogen-bond acceptors (Lipinski definition) is 3. The zero-order valence-corrected chi connectivity index (χ0v) is 5.46. The van der Waals surface area contributed by atoms with E-state index in [-0.39, 0.29) is 0 Å². The third kappa shape index (κ3) is 2.43. The third-order valence-electron chi connectivity index (χ3n) is 0.972. The number of rotatable bonds is 2. The number of amides is 1. The monoisotopic (exact) mass is 133 g/mol. The van der Waals surface area contributed by atoms with E-state index in [1.165, 1.54) is 14.0 Å². The average molecular weight is 133 g/mol. The summed E-state index contributed by atoms with van der Waals surface area (Å²) in [6, 6.07) is 0. The van der Waals surface area contributed by atoms with Crippen molar-refractivity contribution in [3.8, 4) is 0 Å². The fourth-order valence-electron chi connectivity index (χ4n) is 0.367. The lowest BCUT2D eigenvalue weighted by Gasteiger charge is -2.10. The van der Waals surface area contributed by atoms with Gasteiger partial charge in [-0.25, -0.2) is 0 Å². The van der Waals surface area contributed by atoms with Crippen molar-refractivity contribution in [2.45, 2.75) is 19.1 Å². The lowest BCUT2D eigenvalue weighted by atomic mass is 10.2. The Labute approximate surface area is 53.5 Å². The Morgan fingerprint density at radius 1 is 1.56 bits per heavy atom. The number of hydrogen-bond donors (Lipinski definition) is 3. The number of carbonyl (C=O) groups excluding carboxylic acids is 1. The van der Waals surface area contributed by atoms with Gasteiger partial charge in [-0.3, -0.25) is 4.79 Å². The molecule has 1 amide bonds. The molecule has 0 fully saturated rings. The molecule has 0 saturated heterocycles. The second-order valence-corrected chi connectivity index (χ2v) is 1.80. The maximum absolute atomic E-state index is 10.4. The van der Waals surface area contributed by atoms with Crippen LogP contribution in [0.1, 0.15) is 6.92 Å². The van der Waals surface area contributed by atoms with Crippen LogP contribution in [0.5, 0.6) is 0 Å². The molecule has 0 heterocycles. The molecule has 0 aromatic rings. The van der Waals surface area contributed by atoms with E-state index in [2.05, 4.69) is 5.32 Å². The molecular weight excluding hydrogens is 122 g/mol. The minimum Gasteiger partial charge on any atom is -0.390 e. The summed E-state index contributed by atoms with van der Waals surface area (Å²) >= 11 is 0. The molecule has 0 rings (SSSR count). The first-order chi connectivity index (χ1) is 4.09. The van der Waals surface area contributed by atoms with Crippen LogP contribution >= 0.6 is 0 Å². The molecule has 0 saturated carbocycles. The minimum atomic E-state index is -1.31. The highest BCUT2D eigenvalue weighted by Crippen LogP contribution is 1.89. The molecular formula is C5H11NO3. The summed E-state index contributed by atoms with van der Waals surface area (Å²) in [5.74, 6) is -0.565. The summed E-state index contributed by atoms with van der Waals surface area (Å²) < 4.78 is 0. The van der Waals surface area contributed by atoms with Gasteiger partial charge in [0.1, 0.15) is 0 Å². The lowest BCUT2D eigenvalue weighted by molar-refractivity contribution is -0.133. The topological polar surface area (TPSA) is 69.6 Å². The van der Waals surface area contributed by atoms with E-state index in [1.54, 1.807) is 0 Å². The van der Waals surface area contributed by atoms with Gasteiger partial charge >= 0.3 is 0 Å². The average Bonchev–Trinajstić information content (AvgIpc) is 1.84. The minimum absolute atomic E-state index is 0.565. The predicted octanol–water partition coefficient (Wildman–Crippen LogP) is -1.53. The van der Waals surface area contributed by atoms with Gasteiger partial charge in [-0.1, -0.05) is 0 Å². The van der Waals surface area contributed by atoms with E-state index >= 15 is 0 Å². The van der Waals surface area contributed by atoms with Crippen molar-refractivity contribution < 1.29 is 15.0 Å². The highest BCUT2D eigenvalue weighted by Gasteiger charge is 2.17. The molecule has 0 radical (unpaired) electrons. The number of nitrogens with one attached hydrogen (secondary N) is 1. The second-order valence-electron chi connectivity index (χ2n) is 1.80. The normalized spacial score (nSPS) is 16.4. The van der Waals surface area contributed by atoms with Gasteiger partial charge in [-0.15, -0.1) is 0 Å². The van der Waals surface area contributed by atoms with Crippen LogP contribution in [0.2, 0.25) is 0 Å². The van der Waals surface area contributed by atoms with Gasteiger partial charge in [0.05, 0.1) is 6.10 Å². The number of carbonyl (C=O) groups is 1. The molecule has 0 aliphatic rings. The van der Waals surface area contributed by atoms with E-state index in [9.17, 15) is 4.79 Å². The van der Waals surface area contributed by atoms with Gasteiger partial charge in [0.15, 0.2) is 6.10 Å². The SMILES string of the molecule is CNC(=O)[C@H](O)[C@H](C)O. The summed E-state index contributed by atoms with van der Waals surface area (Å²) in [4.78, 5) is 10.4. The molecule has 4 heteroatoms. The first kappa shape index (κ1) is 8.39. The largest absolute Gasteiger partial charge is 0.390 e. The predicted molar refractivity (Wildman–Crippen MR) is 31.8 cm³/mol. The van der Waals surface area contributed by atoms with Crippen LogP contribution < -0.4 is 5.32 Å². The Kier molecular flexibility index (Phi) is 3.19. The van der Waals surface area contributed by atoms with Gasteiger partial charge in [0, 0.05) is 7.05 Å². The molecule has 9 heavy (non-hydrogen) atoms. The quantitative estimate of drug-likeness (QED) is 0.428. The number of aliphatic hydroxyl groups is 2. The molecule has 54 valence electrons. The summed E-state index contributed by atoms with van der Waals surface area (Å²) in [7, 11) is 1.40. The molecule has 0 bridgehead atoms. The van der Waals surface area contributed by atoms with Crippen LogP contribution in [0.25, 0.3) is 0 Å². The third-order valence-corrected chi connectivity index (χ3v) is 0.972. The van der Waals surface area contributed by atoms with Crippen LogP contribution in [0, 0.1) is 0 Å². The van der Waals surface area contributed by atoms with Crippen molar-refractivity contribution in [1.29, 1.82) is 0 Å². The highest BCUT2D eigenvalue weighted by molar-refractivity contribution is 5.80. The zero-order valence-electron chi connectivity index (χ0n) is 5.46. The molecule has 0 unspecified atom stereocenters. The summed E-state index contributed by atoms with van der Waals surface area (Å²) in [6.45, 7) is 1.35. The smallest absolute Gasteiger partial charge is 0.251 e. The zero-order chi connectivity index (χ0) is 7.44. The van der Waals surface area contributed by atoms with Crippen molar-refractivity contribution in [2.75, 3.05) is 7.05 Å². The maximum Gasteiger partial charge on any atom is 0.251 e. The van der Waals surface area contributed by atoms with E-state index < -0.39 is 18.1 Å². The first-order valence-electron chi connectivity index (χ1n) is 2.67. The number of aliphatic hydroxyl groups excluding tert-OH is 2. The summed E-state index contributed by atoms with van der Waals surface area (Å²) in [6.07, 6.45) is -2.32. The van der Waals surface area contributed by atoms with E-state index in [0.29, 0.717) is 0 Å². The maximum atomic E-state index is 10.4. The van der Waals surface area contributed by atoms with Gasteiger partial charge in [-0.05, 0) is 6.92 Å². The van der Waals surface area contributed by atoms with Crippen molar-refractivity contribution in [2.24, 2.45) is 0 Å². The Morgan fingerprint density at radius 2 is 2.00 bits per heavy atom. The van der Waals surface area contributed by atoms with Crippen LogP contribution in [0.3, 0.4) is 0 Å². The fraction of sp³-hybridized carbons (Fsp3) is 0.800.